The number of hydrogen-bond donors (Lipinski definition) is 1. The summed E-state index contributed by atoms with van der Waals surface area (Å²) in [4.78, 5) is 7.02. The Bertz CT molecular complexity index is 685. The van der Waals surface area contributed by atoms with Crippen molar-refractivity contribution < 1.29 is 13.2 Å². The fraction of sp³-hybridized carbons (Fsp3) is 0.550. The smallest absolute Gasteiger partial charge is 0.193 e. The van der Waals surface area contributed by atoms with Gasteiger partial charge in [-0.3, -0.25) is 0 Å². The Kier molecular flexibility index (Phi) is 10.6. The number of sulfone groups is 1. The molecule has 1 N–H and O–H groups in total. The zero-order valence-corrected chi connectivity index (χ0v) is 17.6. The van der Waals surface area contributed by atoms with Gasteiger partial charge in [0.05, 0.1) is 11.4 Å². The molecule has 0 bridgehead atoms. The zero-order valence-electron chi connectivity index (χ0n) is 16.8. The summed E-state index contributed by atoms with van der Waals surface area (Å²) in [6, 6.07) is 6.44. The molecule has 0 unspecified atom stereocenters. The van der Waals surface area contributed by atoms with Gasteiger partial charge < -0.3 is 15.0 Å². The van der Waals surface area contributed by atoms with E-state index in [-0.39, 0.29) is 4.90 Å². The fourth-order valence-electron chi connectivity index (χ4n) is 2.49. The predicted molar refractivity (Wildman–Crippen MR) is 112 cm³/mol. The SMILES string of the molecule is C=CCCCCCN(C)C(=NCCOc1ccc(S(C)(=O)=O)cc1)NCC. The second kappa shape index (κ2) is 12.4. The fourth-order valence-corrected chi connectivity index (χ4v) is 3.12. The van der Waals surface area contributed by atoms with Crippen LogP contribution in [0.1, 0.15) is 32.6 Å². The second-order valence-corrected chi connectivity index (χ2v) is 8.40. The lowest BCUT2D eigenvalue weighted by Gasteiger charge is -2.22. The van der Waals surface area contributed by atoms with Crippen LogP contribution in [0, 0.1) is 0 Å². The summed E-state index contributed by atoms with van der Waals surface area (Å²) >= 11 is 0. The van der Waals surface area contributed by atoms with E-state index in [1.807, 2.05) is 20.0 Å². The van der Waals surface area contributed by atoms with Crippen molar-refractivity contribution in [3.8, 4) is 5.75 Å². The highest BCUT2D eigenvalue weighted by molar-refractivity contribution is 7.90. The van der Waals surface area contributed by atoms with Gasteiger partial charge in [-0.05, 0) is 50.5 Å². The van der Waals surface area contributed by atoms with Gasteiger partial charge in [-0.15, -0.1) is 6.58 Å². The molecule has 6 nitrogen and oxygen atoms in total. The molecule has 1 aromatic rings. The lowest BCUT2D eigenvalue weighted by Crippen LogP contribution is -2.39. The van der Waals surface area contributed by atoms with E-state index in [4.69, 9.17) is 4.74 Å². The molecule has 0 heterocycles. The predicted octanol–water partition coefficient (Wildman–Crippen LogP) is 3.11. The average Bonchev–Trinajstić information content (AvgIpc) is 2.63. The highest BCUT2D eigenvalue weighted by atomic mass is 32.2. The first-order chi connectivity index (χ1) is 12.9. The van der Waals surface area contributed by atoms with Crippen molar-refractivity contribution in [3.63, 3.8) is 0 Å². The number of guanidine groups is 1. The maximum atomic E-state index is 11.5. The minimum absolute atomic E-state index is 0.289. The molecule has 1 aromatic carbocycles. The van der Waals surface area contributed by atoms with Crippen molar-refractivity contribution in [2.75, 3.05) is 39.5 Å². The first-order valence-electron chi connectivity index (χ1n) is 9.41. The lowest BCUT2D eigenvalue weighted by molar-refractivity contribution is 0.327. The van der Waals surface area contributed by atoms with Gasteiger partial charge in [-0.25, -0.2) is 13.4 Å². The third-order valence-corrected chi connectivity index (χ3v) is 5.10. The van der Waals surface area contributed by atoms with Crippen molar-refractivity contribution in [1.82, 2.24) is 10.2 Å². The number of unbranched alkanes of at least 4 members (excludes halogenated alkanes) is 3. The van der Waals surface area contributed by atoms with E-state index in [0.717, 1.165) is 31.9 Å². The normalized spacial score (nSPS) is 11.9. The van der Waals surface area contributed by atoms with Crippen LogP contribution in [-0.4, -0.2) is 58.8 Å². The quantitative estimate of drug-likeness (QED) is 0.255. The van der Waals surface area contributed by atoms with Crippen molar-refractivity contribution in [2.45, 2.75) is 37.5 Å². The standard InChI is InChI=1S/C20H33N3O3S/c1-5-7-8-9-10-16-23(3)20(21-6-2)22-15-17-26-18-11-13-19(14-12-18)27(4,24)25/h5,11-14H,1,6-10,15-17H2,2-4H3,(H,21,22). The average molecular weight is 396 g/mol. The van der Waals surface area contributed by atoms with Gasteiger partial charge in [0.2, 0.25) is 0 Å². The maximum absolute atomic E-state index is 11.5. The van der Waals surface area contributed by atoms with Gasteiger partial charge in [-0.2, -0.15) is 0 Å². The Morgan fingerprint density at radius 3 is 2.56 bits per heavy atom. The summed E-state index contributed by atoms with van der Waals surface area (Å²) < 4.78 is 28.6. The minimum Gasteiger partial charge on any atom is -0.492 e. The van der Waals surface area contributed by atoms with E-state index in [1.165, 1.54) is 19.1 Å². The Balaban J connectivity index is 2.45. The van der Waals surface area contributed by atoms with Crippen LogP contribution in [0.25, 0.3) is 0 Å². The maximum Gasteiger partial charge on any atom is 0.193 e. The van der Waals surface area contributed by atoms with E-state index in [2.05, 4.69) is 21.8 Å². The van der Waals surface area contributed by atoms with Gasteiger partial charge in [0.25, 0.3) is 0 Å². The van der Waals surface area contributed by atoms with E-state index in [1.54, 1.807) is 24.3 Å². The number of allylic oxidation sites excluding steroid dienone is 1. The zero-order chi connectivity index (χ0) is 20.1. The molecule has 0 amide bonds. The number of nitrogens with one attached hydrogen (secondary N) is 1. The summed E-state index contributed by atoms with van der Waals surface area (Å²) in [6.07, 6.45) is 7.71. The molecule has 0 fully saturated rings. The minimum atomic E-state index is -3.18. The first-order valence-corrected chi connectivity index (χ1v) is 11.3. The Morgan fingerprint density at radius 2 is 1.96 bits per heavy atom. The van der Waals surface area contributed by atoms with Gasteiger partial charge in [0, 0.05) is 26.4 Å². The highest BCUT2D eigenvalue weighted by Crippen LogP contribution is 2.15. The van der Waals surface area contributed by atoms with Crippen molar-refractivity contribution in [3.05, 3.63) is 36.9 Å². The molecule has 0 radical (unpaired) electrons. The monoisotopic (exact) mass is 395 g/mol. The van der Waals surface area contributed by atoms with Crippen LogP contribution in [0.3, 0.4) is 0 Å². The summed E-state index contributed by atoms with van der Waals surface area (Å²) in [6.45, 7) is 8.52. The van der Waals surface area contributed by atoms with Crippen LogP contribution in [0.2, 0.25) is 0 Å². The number of nitrogens with zero attached hydrogens (tertiary/aromatic N) is 2. The Hall–Kier alpha value is -2.02. The van der Waals surface area contributed by atoms with E-state index < -0.39 is 9.84 Å². The molecule has 0 aliphatic heterocycles. The molecule has 0 saturated heterocycles. The summed E-state index contributed by atoms with van der Waals surface area (Å²) in [5, 5.41) is 3.29. The molecule has 152 valence electrons. The molecular weight excluding hydrogens is 362 g/mol. The van der Waals surface area contributed by atoms with Crippen molar-refractivity contribution in [2.24, 2.45) is 4.99 Å². The number of ether oxygens (including phenoxy) is 1. The first kappa shape index (κ1) is 23.0. The molecule has 0 aromatic heterocycles. The van der Waals surface area contributed by atoms with Gasteiger partial charge in [0.1, 0.15) is 12.4 Å². The summed E-state index contributed by atoms with van der Waals surface area (Å²) in [5.74, 6) is 1.51. The van der Waals surface area contributed by atoms with Crippen LogP contribution in [-0.2, 0) is 9.84 Å². The molecule has 27 heavy (non-hydrogen) atoms. The van der Waals surface area contributed by atoms with Crippen LogP contribution in [0.5, 0.6) is 5.75 Å². The van der Waals surface area contributed by atoms with E-state index in [0.29, 0.717) is 18.9 Å². The molecule has 0 atom stereocenters. The van der Waals surface area contributed by atoms with Crippen LogP contribution in [0.4, 0.5) is 0 Å². The van der Waals surface area contributed by atoms with Crippen LogP contribution in [0.15, 0.2) is 46.8 Å². The number of rotatable bonds is 12. The Labute approximate surface area is 164 Å². The summed E-state index contributed by atoms with van der Waals surface area (Å²) in [7, 11) is -1.14. The number of aliphatic imine (C=N–C) groups is 1. The van der Waals surface area contributed by atoms with Crippen LogP contribution < -0.4 is 10.1 Å². The molecule has 0 aliphatic carbocycles. The van der Waals surface area contributed by atoms with E-state index in [9.17, 15) is 8.42 Å². The molecular formula is C20H33N3O3S. The molecule has 0 saturated carbocycles. The molecule has 0 aliphatic rings. The number of hydrogen-bond acceptors (Lipinski definition) is 4. The third kappa shape index (κ3) is 9.47. The highest BCUT2D eigenvalue weighted by Gasteiger charge is 2.07. The van der Waals surface area contributed by atoms with Crippen molar-refractivity contribution >= 4 is 15.8 Å². The van der Waals surface area contributed by atoms with E-state index >= 15 is 0 Å². The topological polar surface area (TPSA) is 71.0 Å². The molecule has 0 spiro atoms. The number of benzene rings is 1. The lowest BCUT2D eigenvalue weighted by atomic mass is 10.2. The summed E-state index contributed by atoms with van der Waals surface area (Å²) in [5.41, 5.74) is 0. The van der Waals surface area contributed by atoms with Gasteiger partial charge in [-0.1, -0.05) is 12.5 Å². The molecule has 1 rings (SSSR count). The van der Waals surface area contributed by atoms with Gasteiger partial charge >= 0.3 is 0 Å². The van der Waals surface area contributed by atoms with Crippen molar-refractivity contribution in [1.29, 1.82) is 0 Å². The van der Waals surface area contributed by atoms with Gasteiger partial charge in [0.15, 0.2) is 15.8 Å². The van der Waals surface area contributed by atoms with Crippen LogP contribution >= 0.6 is 0 Å². The molecule has 7 heteroatoms. The Morgan fingerprint density at radius 1 is 1.26 bits per heavy atom. The largest absolute Gasteiger partial charge is 0.492 e. The second-order valence-electron chi connectivity index (χ2n) is 6.39. The third-order valence-electron chi connectivity index (χ3n) is 3.97.